The maximum atomic E-state index is 12.3. The molecule has 2 rings (SSSR count). The van der Waals surface area contributed by atoms with Crippen molar-refractivity contribution in [2.75, 3.05) is 19.7 Å². The van der Waals surface area contributed by atoms with Gasteiger partial charge in [-0.25, -0.2) is 4.79 Å². The molecule has 0 aromatic heterocycles. The van der Waals surface area contributed by atoms with E-state index in [9.17, 15) is 9.59 Å². The molecule has 1 amide bonds. The van der Waals surface area contributed by atoms with E-state index < -0.39 is 11.6 Å². The Morgan fingerprint density at radius 2 is 2.10 bits per heavy atom. The summed E-state index contributed by atoms with van der Waals surface area (Å²) >= 11 is 5.91. The number of aliphatic carboxylic acids is 1. The third-order valence-corrected chi connectivity index (χ3v) is 3.55. The molecule has 1 N–H and O–H groups in total. The number of carbonyl (C=O) groups excluding carboxylic acids is 1. The van der Waals surface area contributed by atoms with E-state index in [1.165, 1.54) is 0 Å². The molecule has 108 valence electrons. The van der Waals surface area contributed by atoms with E-state index in [1.54, 1.807) is 30.0 Å². The molecule has 0 unspecified atom stereocenters. The highest BCUT2D eigenvalue weighted by Crippen LogP contribution is 2.27. The highest BCUT2D eigenvalue weighted by Gasteiger charge is 2.43. The van der Waals surface area contributed by atoms with Crippen molar-refractivity contribution in [1.29, 1.82) is 0 Å². The predicted molar refractivity (Wildman–Crippen MR) is 74.1 cm³/mol. The first-order valence-electron chi connectivity index (χ1n) is 6.22. The Labute approximate surface area is 122 Å². The van der Waals surface area contributed by atoms with Crippen LogP contribution in [0.4, 0.5) is 0 Å². The predicted octanol–water partition coefficient (Wildman–Crippen LogP) is 1.96. The Balaban J connectivity index is 2.00. The van der Waals surface area contributed by atoms with Crippen LogP contribution in [0.25, 0.3) is 0 Å². The van der Waals surface area contributed by atoms with E-state index in [2.05, 4.69) is 0 Å². The number of carbonyl (C=O) groups is 2. The third kappa shape index (κ3) is 3.11. The van der Waals surface area contributed by atoms with E-state index in [1.807, 2.05) is 6.92 Å². The average molecular weight is 298 g/mol. The van der Waals surface area contributed by atoms with Crippen molar-refractivity contribution in [2.24, 2.45) is 0 Å². The summed E-state index contributed by atoms with van der Waals surface area (Å²) < 4.78 is 5.28. The molecule has 20 heavy (non-hydrogen) atoms. The third-order valence-electron chi connectivity index (χ3n) is 3.31. The van der Waals surface area contributed by atoms with Gasteiger partial charge in [-0.1, -0.05) is 17.7 Å². The largest absolute Gasteiger partial charge is 0.480 e. The van der Waals surface area contributed by atoms with Crippen LogP contribution in [0, 0.1) is 6.92 Å². The maximum Gasteiger partial charge on any atom is 0.329 e. The first-order chi connectivity index (χ1) is 9.31. The molecular formula is C14H16ClNO4. The zero-order valence-electron chi connectivity index (χ0n) is 11.4. The number of rotatable bonds is 4. The molecule has 0 bridgehead atoms. The summed E-state index contributed by atoms with van der Waals surface area (Å²) in [7, 11) is 0. The number of halogens is 1. The summed E-state index contributed by atoms with van der Waals surface area (Å²) in [4.78, 5) is 24.4. The van der Waals surface area contributed by atoms with Crippen molar-refractivity contribution in [1.82, 2.24) is 4.90 Å². The normalized spacial score (nSPS) is 16.6. The molecule has 1 aromatic carbocycles. The van der Waals surface area contributed by atoms with Gasteiger partial charge in [-0.15, -0.1) is 0 Å². The lowest BCUT2D eigenvalue weighted by atomic mass is 9.94. The lowest BCUT2D eigenvalue weighted by Crippen LogP contribution is -2.63. The van der Waals surface area contributed by atoms with Crippen LogP contribution in [0.5, 0.6) is 0 Å². The minimum absolute atomic E-state index is 0.110. The van der Waals surface area contributed by atoms with Crippen molar-refractivity contribution >= 4 is 23.5 Å². The Hall–Kier alpha value is -1.59. The number of ether oxygens (including phenoxy) is 1. The summed E-state index contributed by atoms with van der Waals surface area (Å²) in [5.41, 5.74) is 0.845. The zero-order chi connectivity index (χ0) is 14.9. The standard InChI is InChI=1S/C14H16ClNO4/c1-9-3-4-10(15)5-11(9)13(19)16-7-14(2,8-16)20-6-12(17)18/h3-5H,6-8H2,1-2H3,(H,17,18). The van der Waals surface area contributed by atoms with E-state index in [0.29, 0.717) is 23.7 Å². The molecule has 0 aliphatic carbocycles. The van der Waals surface area contributed by atoms with Gasteiger partial charge in [0.2, 0.25) is 0 Å². The summed E-state index contributed by atoms with van der Waals surface area (Å²) in [5.74, 6) is -1.12. The summed E-state index contributed by atoms with van der Waals surface area (Å²) in [6.07, 6.45) is 0. The van der Waals surface area contributed by atoms with Gasteiger partial charge in [0.05, 0.1) is 13.1 Å². The smallest absolute Gasteiger partial charge is 0.329 e. The molecule has 1 aliphatic rings. The van der Waals surface area contributed by atoms with Crippen LogP contribution in [0.3, 0.4) is 0 Å². The van der Waals surface area contributed by atoms with Gasteiger partial charge in [0.25, 0.3) is 5.91 Å². The lowest BCUT2D eigenvalue weighted by molar-refractivity contribution is -0.159. The molecule has 1 aliphatic heterocycles. The Bertz CT molecular complexity index is 552. The van der Waals surface area contributed by atoms with Crippen LogP contribution in [-0.2, 0) is 9.53 Å². The Kier molecular flexibility index (Phi) is 4.01. The van der Waals surface area contributed by atoms with Crippen molar-refractivity contribution in [3.63, 3.8) is 0 Å². The zero-order valence-corrected chi connectivity index (χ0v) is 12.1. The molecule has 0 spiro atoms. The van der Waals surface area contributed by atoms with Crippen LogP contribution in [0.1, 0.15) is 22.8 Å². The van der Waals surface area contributed by atoms with Gasteiger partial charge >= 0.3 is 5.97 Å². The number of hydrogen-bond acceptors (Lipinski definition) is 3. The van der Waals surface area contributed by atoms with Crippen LogP contribution in [0.2, 0.25) is 5.02 Å². The highest BCUT2D eigenvalue weighted by molar-refractivity contribution is 6.31. The number of amides is 1. The second-order valence-corrected chi connectivity index (χ2v) is 5.69. The highest BCUT2D eigenvalue weighted by atomic mass is 35.5. The molecule has 0 saturated carbocycles. The lowest BCUT2D eigenvalue weighted by Gasteiger charge is -2.47. The summed E-state index contributed by atoms with van der Waals surface area (Å²) in [6.45, 7) is 4.05. The molecule has 0 radical (unpaired) electrons. The number of hydrogen-bond donors (Lipinski definition) is 1. The van der Waals surface area contributed by atoms with Crippen molar-refractivity contribution in [3.8, 4) is 0 Å². The molecule has 5 nitrogen and oxygen atoms in total. The van der Waals surface area contributed by atoms with Crippen molar-refractivity contribution in [3.05, 3.63) is 34.3 Å². The first-order valence-corrected chi connectivity index (χ1v) is 6.60. The van der Waals surface area contributed by atoms with E-state index >= 15 is 0 Å². The van der Waals surface area contributed by atoms with E-state index in [0.717, 1.165) is 5.56 Å². The second kappa shape index (κ2) is 5.42. The molecule has 1 aromatic rings. The maximum absolute atomic E-state index is 12.3. The van der Waals surface area contributed by atoms with Gasteiger partial charge in [-0.3, -0.25) is 4.79 Å². The van der Waals surface area contributed by atoms with Crippen LogP contribution >= 0.6 is 11.6 Å². The first kappa shape index (κ1) is 14.8. The van der Waals surface area contributed by atoms with Crippen LogP contribution < -0.4 is 0 Å². The van der Waals surface area contributed by atoms with Gasteiger partial charge in [-0.2, -0.15) is 0 Å². The van der Waals surface area contributed by atoms with Gasteiger partial charge in [0.1, 0.15) is 12.2 Å². The van der Waals surface area contributed by atoms with Gasteiger partial charge in [0.15, 0.2) is 0 Å². The Morgan fingerprint density at radius 1 is 1.45 bits per heavy atom. The van der Waals surface area contributed by atoms with E-state index in [-0.39, 0.29) is 12.5 Å². The average Bonchev–Trinajstić information content (AvgIpc) is 2.35. The monoisotopic (exact) mass is 297 g/mol. The fraction of sp³-hybridized carbons (Fsp3) is 0.429. The number of carboxylic acids is 1. The van der Waals surface area contributed by atoms with Crippen molar-refractivity contribution in [2.45, 2.75) is 19.4 Å². The topological polar surface area (TPSA) is 66.8 Å². The number of benzene rings is 1. The molecule has 6 heteroatoms. The SMILES string of the molecule is Cc1ccc(Cl)cc1C(=O)N1CC(C)(OCC(=O)O)C1. The molecule has 1 heterocycles. The van der Waals surface area contributed by atoms with Crippen molar-refractivity contribution < 1.29 is 19.4 Å². The number of nitrogens with zero attached hydrogens (tertiary/aromatic N) is 1. The number of carboxylic acid groups (broad SMARTS) is 1. The Morgan fingerprint density at radius 3 is 2.70 bits per heavy atom. The summed E-state index contributed by atoms with van der Waals surface area (Å²) in [5, 5.41) is 9.11. The quantitative estimate of drug-likeness (QED) is 0.922. The number of aryl methyl sites for hydroxylation is 1. The van der Waals surface area contributed by atoms with Crippen LogP contribution in [-0.4, -0.2) is 47.2 Å². The van der Waals surface area contributed by atoms with Crippen LogP contribution in [0.15, 0.2) is 18.2 Å². The minimum Gasteiger partial charge on any atom is -0.480 e. The fourth-order valence-corrected chi connectivity index (χ4v) is 2.40. The summed E-state index contributed by atoms with van der Waals surface area (Å²) in [6, 6.07) is 5.19. The minimum atomic E-state index is -1.01. The molecular weight excluding hydrogens is 282 g/mol. The van der Waals surface area contributed by atoms with Gasteiger partial charge < -0.3 is 14.7 Å². The van der Waals surface area contributed by atoms with Gasteiger partial charge in [0, 0.05) is 10.6 Å². The number of likely N-dealkylation sites (tertiary alicyclic amines) is 1. The second-order valence-electron chi connectivity index (χ2n) is 5.25. The van der Waals surface area contributed by atoms with Gasteiger partial charge in [-0.05, 0) is 31.5 Å². The molecule has 1 fully saturated rings. The molecule has 0 atom stereocenters. The fourth-order valence-electron chi connectivity index (χ4n) is 2.23. The molecule has 1 saturated heterocycles. The van der Waals surface area contributed by atoms with E-state index in [4.69, 9.17) is 21.4 Å².